The van der Waals surface area contributed by atoms with Crippen LogP contribution in [0.25, 0.3) is 0 Å². The predicted molar refractivity (Wildman–Crippen MR) is 165 cm³/mol. The van der Waals surface area contributed by atoms with Crippen LogP contribution in [0.2, 0.25) is 10.0 Å². The first-order chi connectivity index (χ1) is 18.9. The summed E-state index contributed by atoms with van der Waals surface area (Å²) in [5.74, 6) is -0.870. The van der Waals surface area contributed by atoms with Crippen LogP contribution in [0.15, 0.2) is 77.3 Å². The molecule has 0 bridgehead atoms. The molecule has 0 unspecified atom stereocenters. The maximum absolute atomic E-state index is 14.1. The summed E-state index contributed by atoms with van der Waals surface area (Å²) in [7, 11) is -3.92. The van der Waals surface area contributed by atoms with E-state index in [4.69, 9.17) is 23.2 Å². The molecule has 1 N–H and O–H groups in total. The SMILES string of the molecule is CC[C@@H](C)NC(=O)[C@H](Cc1ccccc1)N(Cc1ccc(Br)cc1)C(=O)CN(c1cc(Cl)cc(Cl)c1)S(C)(=O)=O. The van der Waals surface area contributed by atoms with Crippen molar-refractivity contribution in [2.75, 3.05) is 17.1 Å². The first-order valence-electron chi connectivity index (χ1n) is 12.7. The number of sulfonamides is 1. The van der Waals surface area contributed by atoms with Crippen molar-refractivity contribution >= 4 is 66.7 Å². The summed E-state index contributed by atoms with van der Waals surface area (Å²) >= 11 is 15.7. The molecule has 0 aliphatic rings. The number of hydrogen-bond acceptors (Lipinski definition) is 4. The summed E-state index contributed by atoms with van der Waals surface area (Å²) < 4.78 is 27.6. The number of nitrogens with one attached hydrogen (secondary N) is 1. The van der Waals surface area contributed by atoms with Gasteiger partial charge in [0.2, 0.25) is 21.8 Å². The molecular formula is C29H32BrCl2N3O4S. The number of carbonyl (C=O) groups is 2. The maximum atomic E-state index is 14.1. The van der Waals surface area contributed by atoms with Gasteiger partial charge >= 0.3 is 0 Å². The predicted octanol–water partition coefficient (Wildman–Crippen LogP) is 6.08. The molecule has 3 aromatic carbocycles. The molecule has 0 radical (unpaired) electrons. The molecule has 0 heterocycles. The zero-order valence-electron chi connectivity index (χ0n) is 22.5. The average molecular weight is 669 g/mol. The molecular weight excluding hydrogens is 637 g/mol. The maximum Gasteiger partial charge on any atom is 0.244 e. The molecule has 0 saturated heterocycles. The van der Waals surface area contributed by atoms with Crippen LogP contribution in [0.1, 0.15) is 31.4 Å². The van der Waals surface area contributed by atoms with Crippen molar-refractivity contribution in [2.45, 2.75) is 45.3 Å². The molecule has 2 atom stereocenters. The zero-order chi connectivity index (χ0) is 29.4. The lowest BCUT2D eigenvalue weighted by Crippen LogP contribution is -2.54. The van der Waals surface area contributed by atoms with Gasteiger partial charge in [-0.25, -0.2) is 8.42 Å². The van der Waals surface area contributed by atoms with Crippen molar-refractivity contribution in [3.8, 4) is 0 Å². The fourth-order valence-electron chi connectivity index (χ4n) is 4.08. The first-order valence-corrected chi connectivity index (χ1v) is 16.1. The average Bonchev–Trinajstić information content (AvgIpc) is 2.89. The van der Waals surface area contributed by atoms with Gasteiger partial charge in [0.25, 0.3) is 0 Å². The number of amides is 2. The number of halogens is 3. The van der Waals surface area contributed by atoms with Crippen molar-refractivity contribution in [3.63, 3.8) is 0 Å². The van der Waals surface area contributed by atoms with Crippen LogP contribution in [-0.4, -0.2) is 50.0 Å². The normalized spacial score (nSPS) is 12.8. The number of nitrogens with zero attached hydrogens (tertiary/aromatic N) is 2. The molecule has 0 saturated carbocycles. The van der Waals surface area contributed by atoms with Gasteiger partial charge in [0.15, 0.2) is 0 Å². The minimum Gasteiger partial charge on any atom is -0.352 e. The monoisotopic (exact) mass is 667 g/mol. The summed E-state index contributed by atoms with van der Waals surface area (Å²) in [6, 6.07) is 20.1. The Morgan fingerprint density at radius 2 is 1.55 bits per heavy atom. The van der Waals surface area contributed by atoms with Crippen LogP contribution in [-0.2, 0) is 32.6 Å². The van der Waals surface area contributed by atoms with E-state index < -0.39 is 28.5 Å². The minimum absolute atomic E-state index is 0.0887. The Morgan fingerprint density at radius 1 is 0.950 bits per heavy atom. The Bertz CT molecular complexity index is 1400. The van der Waals surface area contributed by atoms with Gasteiger partial charge in [-0.2, -0.15) is 0 Å². The number of hydrogen-bond donors (Lipinski definition) is 1. The van der Waals surface area contributed by atoms with Crippen molar-refractivity contribution in [3.05, 3.63) is 98.4 Å². The van der Waals surface area contributed by atoms with Gasteiger partial charge in [-0.1, -0.05) is 88.5 Å². The molecule has 2 amide bonds. The molecule has 214 valence electrons. The van der Waals surface area contributed by atoms with E-state index in [2.05, 4.69) is 21.2 Å². The lowest BCUT2D eigenvalue weighted by atomic mass is 10.0. The summed E-state index contributed by atoms with van der Waals surface area (Å²) in [6.45, 7) is 3.40. The second-order valence-electron chi connectivity index (χ2n) is 9.57. The molecule has 0 fully saturated rings. The second-order valence-corrected chi connectivity index (χ2v) is 13.3. The minimum atomic E-state index is -3.92. The van der Waals surface area contributed by atoms with Crippen LogP contribution in [0.4, 0.5) is 5.69 Å². The van der Waals surface area contributed by atoms with Crippen LogP contribution in [0.5, 0.6) is 0 Å². The highest BCUT2D eigenvalue weighted by molar-refractivity contribution is 9.10. The lowest BCUT2D eigenvalue weighted by molar-refractivity contribution is -0.140. The number of rotatable bonds is 12. The van der Waals surface area contributed by atoms with Crippen LogP contribution >= 0.6 is 39.1 Å². The molecule has 0 aromatic heterocycles. The topological polar surface area (TPSA) is 86.8 Å². The molecule has 7 nitrogen and oxygen atoms in total. The summed E-state index contributed by atoms with van der Waals surface area (Å²) in [5, 5.41) is 3.46. The fourth-order valence-corrected chi connectivity index (χ4v) is 5.69. The van der Waals surface area contributed by atoms with Gasteiger partial charge in [-0.05, 0) is 54.8 Å². The van der Waals surface area contributed by atoms with Crippen LogP contribution in [0, 0.1) is 0 Å². The van der Waals surface area contributed by atoms with E-state index in [9.17, 15) is 18.0 Å². The van der Waals surface area contributed by atoms with Crippen molar-refractivity contribution in [1.29, 1.82) is 0 Å². The third-order valence-corrected chi connectivity index (χ3v) is 8.46. The zero-order valence-corrected chi connectivity index (χ0v) is 26.4. The molecule has 0 aliphatic carbocycles. The largest absolute Gasteiger partial charge is 0.352 e. The van der Waals surface area contributed by atoms with E-state index in [1.807, 2.05) is 68.4 Å². The van der Waals surface area contributed by atoms with E-state index in [-0.39, 0.29) is 40.6 Å². The van der Waals surface area contributed by atoms with E-state index in [1.54, 1.807) is 0 Å². The van der Waals surface area contributed by atoms with Crippen molar-refractivity contribution in [1.82, 2.24) is 10.2 Å². The van der Waals surface area contributed by atoms with Gasteiger partial charge in [0.1, 0.15) is 12.6 Å². The number of benzene rings is 3. The number of anilines is 1. The standard InChI is InChI=1S/C29H32BrCl2N3O4S/c1-4-20(2)33-29(37)27(14-21-8-6-5-7-9-21)34(18-22-10-12-23(30)13-11-22)28(36)19-35(40(3,38)39)26-16-24(31)15-25(32)17-26/h5-13,15-17,20,27H,4,14,18-19H2,1-3H3,(H,33,37)/t20-,27+/m1/s1. The third kappa shape index (κ3) is 9.23. The quantitative estimate of drug-likeness (QED) is 0.254. The first kappa shape index (κ1) is 31.9. The van der Waals surface area contributed by atoms with E-state index in [1.165, 1.54) is 23.1 Å². The van der Waals surface area contributed by atoms with Gasteiger partial charge in [-0.15, -0.1) is 0 Å². The molecule has 3 rings (SSSR count). The van der Waals surface area contributed by atoms with Gasteiger partial charge in [0.05, 0.1) is 11.9 Å². The van der Waals surface area contributed by atoms with Crippen LogP contribution in [0.3, 0.4) is 0 Å². The Labute approximate surface area is 254 Å². The van der Waals surface area contributed by atoms with E-state index in [0.717, 1.165) is 26.2 Å². The van der Waals surface area contributed by atoms with Gasteiger partial charge in [0, 0.05) is 33.5 Å². The van der Waals surface area contributed by atoms with E-state index in [0.29, 0.717) is 6.42 Å². The molecule has 11 heteroatoms. The smallest absolute Gasteiger partial charge is 0.244 e. The lowest BCUT2D eigenvalue weighted by Gasteiger charge is -2.34. The van der Waals surface area contributed by atoms with Gasteiger partial charge in [-0.3, -0.25) is 13.9 Å². The Hall–Kier alpha value is -2.59. The second kappa shape index (κ2) is 14.3. The fraction of sp³-hybridized carbons (Fsp3) is 0.310. The molecule has 40 heavy (non-hydrogen) atoms. The highest BCUT2D eigenvalue weighted by atomic mass is 79.9. The van der Waals surface area contributed by atoms with E-state index >= 15 is 0 Å². The summed E-state index contributed by atoms with van der Waals surface area (Å²) in [6.07, 6.45) is 1.96. The Kier molecular flexibility index (Phi) is 11.5. The molecule has 0 spiro atoms. The van der Waals surface area contributed by atoms with Crippen LogP contribution < -0.4 is 9.62 Å². The summed E-state index contributed by atoms with van der Waals surface area (Å²) in [4.78, 5) is 29.2. The van der Waals surface area contributed by atoms with Gasteiger partial charge < -0.3 is 10.2 Å². The highest BCUT2D eigenvalue weighted by Crippen LogP contribution is 2.27. The molecule has 0 aliphatic heterocycles. The number of carbonyl (C=O) groups excluding carboxylic acids is 2. The Balaban J connectivity index is 2.07. The van der Waals surface area contributed by atoms with Crippen molar-refractivity contribution in [2.24, 2.45) is 0 Å². The Morgan fingerprint density at radius 3 is 2.10 bits per heavy atom. The third-order valence-electron chi connectivity index (χ3n) is 6.35. The van der Waals surface area contributed by atoms with Crippen molar-refractivity contribution < 1.29 is 18.0 Å². The molecule has 3 aromatic rings. The summed E-state index contributed by atoms with van der Waals surface area (Å²) in [5.41, 5.74) is 1.80. The highest BCUT2D eigenvalue weighted by Gasteiger charge is 2.33.